The zero-order chi connectivity index (χ0) is 19.9. The summed E-state index contributed by atoms with van der Waals surface area (Å²) in [6, 6.07) is 10.5. The predicted molar refractivity (Wildman–Crippen MR) is 102 cm³/mol. The van der Waals surface area contributed by atoms with E-state index in [0.717, 1.165) is 0 Å². The molecule has 0 fully saturated rings. The number of urea groups is 1. The number of carbonyl (C=O) groups excluding carboxylic acids is 3. The molecule has 4 amide bonds. The van der Waals surface area contributed by atoms with Gasteiger partial charge in [-0.2, -0.15) is 0 Å². The zero-order valence-electron chi connectivity index (χ0n) is 15.6. The van der Waals surface area contributed by atoms with Crippen LogP contribution in [-0.4, -0.2) is 40.4 Å². The van der Waals surface area contributed by atoms with Crippen LogP contribution in [0.3, 0.4) is 0 Å². The summed E-state index contributed by atoms with van der Waals surface area (Å²) in [6.07, 6.45) is 0. The Bertz CT molecular complexity index is 929. The van der Waals surface area contributed by atoms with E-state index in [1.807, 2.05) is 0 Å². The molecule has 2 aromatic carbocycles. The second-order valence-electron chi connectivity index (χ2n) is 7.38. The maximum Gasteiger partial charge on any atom is 0.326 e. The molecule has 2 aromatic rings. The molecule has 0 aromatic heterocycles. The molecule has 0 saturated carbocycles. The van der Waals surface area contributed by atoms with Gasteiger partial charge < -0.3 is 10.4 Å². The minimum Gasteiger partial charge on any atom is -0.508 e. The fourth-order valence-corrected chi connectivity index (χ4v) is 2.93. The standard InChI is InChI=1S/C20H21N3O4/c1-20(2,3)23-17(25)15-10-5-12(11-16(15)18(23)26)21-19(27)22(4)13-6-8-14(24)9-7-13/h5-11,24H,1-4H3,(H,21,27). The van der Waals surface area contributed by atoms with Crippen molar-refractivity contribution in [3.05, 3.63) is 53.6 Å². The highest BCUT2D eigenvalue weighted by Gasteiger charge is 2.41. The maximum atomic E-state index is 12.6. The molecule has 1 aliphatic heterocycles. The van der Waals surface area contributed by atoms with E-state index in [1.165, 1.54) is 28.0 Å². The van der Waals surface area contributed by atoms with Gasteiger partial charge in [-0.15, -0.1) is 0 Å². The highest BCUT2D eigenvalue weighted by molar-refractivity contribution is 6.22. The van der Waals surface area contributed by atoms with E-state index in [9.17, 15) is 19.5 Å². The lowest BCUT2D eigenvalue weighted by molar-refractivity contribution is 0.0507. The number of hydrogen-bond acceptors (Lipinski definition) is 4. The van der Waals surface area contributed by atoms with E-state index >= 15 is 0 Å². The van der Waals surface area contributed by atoms with E-state index < -0.39 is 11.6 Å². The quantitative estimate of drug-likeness (QED) is 0.796. The SMILES string of the molecule is CN(C(=O)Nc1ccc2c(c1)C(=O)N(C(C)(C)C)C2=O)c1ccc(O)cc1. The molecular weight excluding hydrogens is 346 g/mol. The second kappa shape index (κ2) is 6.42. The maximum absolute atomic E-state index is 12.6. The van der Waals surface area contributed by atoms with Crippen molar-refractivity contribution in [2.45, 2.75) is 26.3 Å². The van der Waals surface area contributed by atoms with E-state index in [2.05, 4.69) is 5.32 Å². The first kappa shape index (κ1) is 18.4. The molecule has 3 rings (SSSR count). The van der Waals surface area contributed by atoms with Gasteiger partial charge in [0.15, 0.2) is 0 Å². The average Bonchev–Trinajstić information content (AvgIpc) is 2.85. The molecule has 7 nitrogen and oxygen atoms in total. The molecule has 0 unspecified atom stereocenters. The Morgan fingerprint density at radius 2 is 1.59 bits per heavy atom. The Morgan fingerprint density at radius 3 is 2.19 bits per heavy atom. The molecule has 0 bridgehead atoms. The number of nitrogens with zero attached hydrogens (tertiary/aromatic N) is 2. The van der Waals surface area contributed by atoms with Crippen LogP contribution >= 0.6 is 0 Å². The van der Waals surface area contributed by atoms with Crippen molar-refractivity contribution in [2.75, 3.05) is 17.3 Å². The van der Waals surface area contributed by atoms with Crippen molar-refractivity contribution in [2.24, 2.45) is 0 Å². The summed E-state index contributed by atoms with van der Waals surface area (Å²) in [6.45, 7) is 5.39. The topological polar surface area (TPSA) is 90.0 Å². The van der Waals surface area contributed by atoms with Crippen molar-refractivity contribution in [1.82, 2.24) is 4.90 Å². The number of imide groups is 1. The van der Waals surface area contributed by atoms with Crippen molar-refractivity contribution in [3.8, 4) is 5.75 Å². The molecule has 0 saturated heterocycles. The van der Waals surface area contributed by atoms with Gasteiger partial charge in [-0.05, 0) is 63.2 Å². The van der Waals surface area contributed by atoms with Crippen LogP contribution in [0.1, 0.15) is 41.5 Å². The number of hydrogen-bond donors (Lipinski definition) is 2. The molecule has 0 aliphatic carbocycles. The molecular formula is C20H21N3O4. The fraction of sp³-hybridized carbons (Fsp3) is 0.250. The lowest BCUT2D eigenvalue weighted by Gasteiger charge is -2.29. The smallest absolute Gasteiger partial charge is 0.326 e. The first-order chi connectivity index (χ1) is 12.6. The summed E-state index contributed by atoms with van der Waals surface area (Å²) in [5, 5.41) is 12.1. The molecule has 0 atom stereocenters. The molecule has 140 valence electrons. The number of benzene rings is 2. The normalized spacial score (nSPS) is 13.6. The van der Waals surface area contributed by atoms with Gasteiger partial charge >= 0.3 is 6.03 Å². The van der Waals surface area contributed by atoms with E-state index in [-0.39, 0.29) is 23.1 Å². The van der Waals surface area contributed by atoms with Gasteiger partial charge in [0, 0.05) is 24.0 Å². The van der Waals surface area contributed by atoms with Crippen LogP contribution in [0.15, 0.2) is 42.5 Å². The largest absolute Gasteiger partial charge is 0.508 e. The Labute approximate surface area is 157 Å². The molecule has 0 radical (unpaired) electrons. The molecule has 0 spiro atoms. The highest BCUT2D eigenvalue weighted by atomic mass is 16.3. The van der Waals surface area contributed by atoms with Crippen LogP contribution in [0.5, 0.6) is 5.75 Å². The number of amides is 4. The average molecular weight is 367 g/mol. The second-order valence-corrected chi connectivity index (χ2v) is 7.38. The number of nitrogens with one attached hydrogen (secondary N) is 1. The third-order valence-electron chi connectivity index (χ3n) is 4.35. The third kappa shape index (κ3) is 3.36. The van der Waals surface area contributed by atoms with E-state index in [4.69, 9.17) is 0 Å². The Morgan fingerprint density at radius 1 is 1.00 bits per heavy atom. The minimum atomic E-state index is -0.629. The van der Waals surface area contributed by atoms with Crippen LogP contribution < -0.4 is 10.2 Å². The molecule has 1 aliphatic rings. The van der Waals surface area contributed by atoms with Crippen LogP contribution in [0.25, 0.3) is 0 Å². The monoisotopic (exact) mass is 367 g/mol. The Kier molecular flexibility index (Phi) is 4.39. The van der Waals surface area contributed by atoms with Crippen LogP contribution in [-0.2, 0) is 0 Å². The van der Waals surface area contributed by atoms with Crippen LogP contribution in [0, 0.1) is 0 Å². The molecule has 27 heavy (non-hydrogen) atoms. The summed E-state index contributed by atoms with van der Waals surface area (Å²) < 4.78 is 0. The number of fused-ring (bicyclic) bond motifs is 1. The highest BCUT2D eigenvalue weighted by Crippen LogP contribution is 2.31. The number of aromatic hydroxyl groups is 1. The first-order valence-corrected chi connectivity index (χ1v) is 8.46. The van der Waals surface area contributed by atoms with E-state index in [1.54, 1.807) is 52.1 Å². The van der Waals surface area contributed by atoms with Gasteiger partial charge in [-0.3, -0.25) is 19.4 Å². The number of carbonyl (C=O) groups is 3. The molecule has 7 heteroatoms. The lowest BCUT2D eigenvalue weighted by Crippen LogP contribution is -2.45. The Hall–Kier alpha value is -3.35. The predicted octanol–water partition coefficient (Wildman–Crippen LogP) is 3.46. The number of phenolic OH excluding ortho intramolecular Hbond substituents is 1. The van der Waals surface area contributed by atoms with Gasteiger partial charge in [0.1, 0.15) is 5.75 Å². The summed E-state index contributed by atoms with van der Waals surface area (Å²) >= 11 is 0. The Balaban J connectivity index is 1.82. The lowest BCUT2D eigenvalue weighted by atomic mass is 10.1. The van der Waals surface area contributed by atoms with Crippen molar-refractivity contribution in [3.63, 3.8) is 0 Å². The van der Waals surface area contributed by atoms with E-state index in [0.29, 0.717) is 16.9 Å². The summed E-state index contributed by atoms with van der Waals surface area (Å²) in [5.41, 5.74) is 0.994. The summed E-state index contributed by atoms with van der Waals surface area (Å²) in [5.74, 6) is -0.593. The number of anilines is 2. The summed E-state index contributed by atoms with van der Waals surface area (Å²) in [4.78, 5) is 40.2. The van der Waals surface area contributed by atoms with Gasteiger partial charge in [0.05, 0.1) is 11.1 Å². The number of rotatable bonds is 2. The van der Waals surface area contributed by atoms with Crippen LogP contribution in [0.4, 0.5) is 16.2 Å². The van der Waals surface area contributed by atoms with Gasteiger partial charge in [0.2, 0.25) is 0 Å². The zero-order valence-corrected chi connectivity index (χ0v) is 15.6. The van der Waals surface area contributed by atoms with Crippen molar-refractivity contribution in [1.29, 1.82) is 0 Å². The number of phenols is 1. The first-order valence-electron chi connectivity index (χ1n) is 8.46. The third-order valence-corrected chi connectivity index (χ3v) is 4.35. The fourth-order valence-electron chi connectivity index (χ4n) is 2.93. The van der Waals surface area contributed by atoms with Crippen molar-refractivity contribution >= 4 is 29.2 Å². The molecule has 1 heterocycles. The minimum absolute atomic E-state index is 0.109. The van der Waals surface area contributed by atoms with Crippen molar-refractivity contribution < 1.29 is 19.5 Å². The van der Waals surface area contributed by atoms with Crippen LogP contribution in [0.2, 0.25) is 0 Å². The van der Waals surface area contributed by atoms with Gasteiger partial charge in [0.25, 0.3) is 11.8 Å². The molecule has 2 N–H and O–H groups in total. The summed E-state index contributed by atoms with van der Waals surface area (Å²) in [7, 11) is 1.59. The van der Waals surface area contributed by atoms with Gasteiger partial charge in [-0.1, -0.05) is 0 Å². The van der Waals surface area contributed by atoms with Gasteiger partial charge in [-0.25, -0.2) is 4.79 Å².